The van der Waals surface area contributed by atoms with Crippen molar-refractivity contribution in [2.24, 2.45) is 0 Å². The summed E-state index contributed by atoms with van der Waals surface area (Å²) in [5, 5.41) is 10.1. The highest BCUT2D eigenvalue weighted by atomic mass is 15.2. The van der Waals surface area contributed by atoms with Crippen LogP contribution in [-0.2, 0) is 0 Å². The molecule has 2 nitrogen and oxygen atoms in total. The molecule has 0 spiro atoms. The van der Waals surface area contributed by atoms with Gasteiger partial charge in [0.05, 0.1) is 0 Å². The van der Waals surface area contributed by atoms with Crippen LogP contribution in [0.1, 0.15) is 0 Å². The fraction of sp³-hybridized carbons (Fsp3) is 0. The zero-order valence-electron chi connectivity index (χ0n) is 50.5. The minimum atomic E-state index is -0.106. The largest absolute Gasteiger partial charge is 0.312 e. The maximum Gasteiger partial charge on any atom is 0.248 e. The van der Waals surface area contributed by atoms with E-state index in [-0.39, 0.29) is 13.4 Å². The van der Waals surface area contributed by atoms with Crippen LogP contribution in [0.5, 0.6) is 0 Å². The Morgan fingerprint density at radius 1 is 0.196 bits per heavy atom. The third-order valence-corrected chi connectivity index (χ3v) is 19.6. The molecule has 18 rings (SSSR count). The Kier molecular flexibility index (Phi) is 12.8. The van der Waals surface area contributed by atoms with E-state index in [9.17, 15) is 0 Å². The fourth-order valence-electron chi connectivity index (χ4n) is 15.7. The number of para-hydroxylation sites is 4. The predicted octanol–water partition coefficient (Wildman–Crippen LogP) is 19.2. The molecule has 0 saturated heterocycles. The van der Waals surface area contributed by atoms with Crippen molar-refractivity contribution in [3.8, 4) is 55.6 Å². The van der Waals surface area contributed by atoms with Gasteiger partial charge in [-0.25, -0.2) is 0 Å². The Morgan fingerprint density at radius 3 is 1.09 bits per heavy atom. The Hall–Kier alpha value is -11.7. The van der Waals surface area contributed by atoms with Gasteiger partial charge in [-0.3, -0.25) is 0 Å². The molecular formula is C88H58B2N2. The number of anilines is 6. The third-order valence-electron chi connectivity index (χ3n) is 19.6. The Morgan fingerprint density at radius 2 is 0.565 bits per heavy atom. The van der Waals surface area contributed by atoms with Crippen molar-refractivity contribution in [2.75, 3.05) is 9.80 Å². The molecule has 0 radical (unpaired) electrons. The van der Waals surface area contributed by atoms with Gasteiger partial charge in [0.25, 0.3) is 0 Å². The van der Waals surface area contributed by atoms with Crippen LogP contribution in [0, 0.1) is 0 Å². The monoisotopic (exact) mass is 1160 g/mol. The smallest absolute Gasteiger partial charge is 0.248 e. The van der Waals surface area contributed by atoms with Crippen LogP contribution in [0.4, 0.5) is 34.1 Å². The summed E-state index contributed by atoms with van der Waals surface area (Å²) < 4.78 is 0. The number of nitrogens with zero attached hydrogens (tertiary/aromatic N) is 2. The molecule has 0 amide bonds. The van der Waals surface area contributed by atoms with E-state index in [0.717, 1.165) is 22.5 Å². The Balaban J connectivity index is 0.796. The van der Waals surface area contributed by atoms with Gasteiger partial charge >= 0.3 is 0 Å². The average Bonchev–Trinajstić information content (AvgIpc) is 0.740. The molecule has 2 aliphatic rings. The van der Waals surface area contributed by atoms with Crippen LogP contribution in [-0.4, -0.2) is 13.4 Å². The number of fused-ring (bicyclic) bond motifs is 12. The normalized spacial score (nSPS) is 12.5. The topological polar surface area (TPSA) is 6.48 Å². The maximum atomic E-state index is 2.51. The van der Waals surface area contributed by atoms with Gasteiger partial charge in [0.1, 0.15) is 0 Å². The maximum absolute atomic E-state index is 2.51. The molecule has 0 saturated carbocycles. The van der Waals surface area contributed by atoms with Crippen LogP contribution in [0.3, 0.4) is 0 Å². The van der Waals surface area contributed by atoms with Crippen molar-refractivity contribution in [1.82, 2.24) is 0 Å². The molecule has 0 bridgehead atoms. The molecule has 2 aliphatic heterocycles. The van der Waals surface area contributed by atoms with Crippen molar-refractivity contribution < 1.29 is 0 Å². The fourth-order valence-corrected chi connectivity index (χ4v) is 15.7. The molecule has 426 valence electrons. The van der Waals surface area contributed by atoms with E-state index in [0.29, 0.717) is 0 Å². The molecule has 0 N–H and O–H groups in total. The molecule has 0 aliphatic carbocycles. The predicted molar refractivity (Wildman–Crippen MR) is 395 cm³/mol. The lowest BCUT2D eigenvalue weighted by Crippen LogP contribution is -2.58. The van der Waals surface area contributed by atoms with Crippen LogP contribution >= 0.6 is 0 Å². The minimum absolute atomic E-state index is 0.102. The van der Waals surface area contributed by atoms with Gasteiger partial charge in [-0.05, 0) is 170 Å². The second kappa shape index (κ2) is 22.1. The molecule has 16 aromatic carbocycles. The summed E-state index contributed by atoms with van der Waals surface area (Å²) in [7, 11) is 0. The Bertz CT molecular complexity index is 5490. The first-order valence-electron chi connectivity index (χ1n) is 32.0. The molecule has 92 heavy (non-hydrogen) atoms. The first kappa shape index (κ1) is 53.3. The molecule has 0 unspecified atom stereocenters. The first-order chi connectivity index (χ1) is 45.7. The lowest BCUT2D eigenvalue weighted by Gasteiger charge is -2.39. The summed E-state index contributed by atoms with van der Waals surface area (Å²) in [5.74, 6) is 0. The van der Waals surface area contributed by atoms with Crippen molar-refractivity contribution in [2.45, 2.75) is 0 Å². The van der Waals surface area contributed by atoms with Gasteiger partial charge in [-0.15, -0.1) is 0 Å². The van der Waals surface area contributed by atoms with Crippen molar-refractivity contribution >= 4 is 123 Å². The van der Waals surface area contributed by atoms with Crippen LogP contribution < -0.4 is 42.6 Å². The van der Waals surface area contributed by atoms with E-state index in [1.807, 2.05) is 0 Å². The van der Waals surface area contributed by atoms with Gasteiger partial charge in [0.2, 0.25) is 13.4 Å². The standard InChI is InChI=1S/C88H58B2N2/c1-4-26-59(27-5-1)68-42-24-44-70(86(68)89-79-46-16-19-49-83(79)91(84-50-20-17-47-80(84)89)67-53-54-77-75-40-13-12-38-73(75)74-39-14-15-41-76(74)78(77)58-67)64-33-22-31-62(56-64)63-32-23-34-65(57-63)71-45-25-43-69(60-28-6-2-7-29-60)87(71)90-81-48-18-21-51-85(81)92(66-35-8-3-9-36-66)88-72-37-11-10-30-61(72)52-55-82(88)90/h1-58H. The second-order valence-corrected chi connectivity index (χ2v) is 24.5. The van der Waals surface area contributed by atoms with E-state index in [1.165, 1.54) is 143 Å². The summed E-state index contributed by atoms with van der Waals surface area (Å²) in [6.45, 7) is -0.208. The summed E-state index contributed by atoms with van der Waals surface area (Å²) in [6.07, 6.45) is 0. The number of benzene rings is 16. The molecule has 16 aromatic rings. The molecule has 0 atom stereocenters. The number of rotatable bonds is 9. The van der Waals surface area contributed by atoms with Gasteiger partial charge in [0, 0.05) is 39.5 Å². The zero-order valence-corrected chi connectivity index (χ0v) is 50.5. The van der Waals surface area contributed by atoms with E-state index < -0.39 is 0 Å². The number of hydrogen-bond acceptors (Lipinski definition) is 2. The molecular weight excluding hydrogens is 1110 g/mol. The zero-order chi connectivity index (χ0) is 60.6. The van der Waals surface area contributed by atoms with E-state index >= 15 is 0 Å². The van der Waals surface area contributed by atoms with Crippen LogP contribution in [0.2, 0.25) is 0 Å². The highest BCUT2D eigenvalue weighted by molar-refractivity contribution is 7.00. The van der Waals surface area contributed by atoms with Gasteiger partial charge in [0.15, 0.2) is 0 Å². The van der Waals surface area contributed by atoms with Crippen molar-refractivity contribution in [1.29, 1.82) is 0 Å². The molecule has 0 aromatic heterocycles. The van der Waals surface area contributed by atoms with Crippen molar-refractivity contribution in [3.63, 3.8) is 0 Å². The van der Waals surface area contributed by atoms with Crippen LogP contribution in [0.15, 0.2) is 352 Å². The van der Waals surface area contributed by atoms with Gasteiger partial charge in [-0.1, -0.05) is 308 Å². The van der Waals surface area contributed by atoms with Crippen LogP contribution in [0.25, 0.3) is 98.7 Å². The molecule has 2 heterocycles. The van der Waals surface area contributed by atoms with Crippen molar-refractivity contribution in [3.05, 3.63) is 352 Å². The third kappa shape index (κ3) is 8.67. The average molecular weight is 1170 g/mol. The highest BCUT2D eigenvalue weighted by Crippen LogP contribution is 2.45. The summed E-state index contributed by atoms with van der Waals surface area (Å²) in [6, 6.07) is 131. The van der Waals surface area contributed by atoms with E-state index in [1.54, 1.807) is 0 Å². The summed E-state index contributed by atoms with van der Waals surface area (Å²) in [4.78, 5) is 5.01. The molecule has 4 heteroatoms. The SMILES string of the molecule is c1ccc(-c2cccc(-c3cccc(-c4cccc(-c5cccc(-c6ccccc6)c5B5c6ccccc6N(c6ccccc6)c6c5ccc5ccccc65)c4)c3)c2B2c3ccccc3N(c3ccc4c5ccccc5c5ccccc5c4c3)c3ccccc32)cc1. The second-order valence-electron chi connectivity index (χ2n) is 24.5. The number of hydrogen-bond donors (Lipinski definition) is 0. The van der Waals surface area contributed by atoms with E-state index in [4.69, 9.17) is 0 Å². The van der Waals surface area contributed by atoms with E-state index in [2.05, 4.69) is 362 Å². The lowest BCUT2D eigenvalue weighted by atomic mass is 9.33. The van der Waals surface area contributed by atoms with Gasteiger partial charge < -0.3 is 9.80 Å². The lowest BCUT2D eigenvalue weighted by molar-refractivity contribution is 1.30. The summed E-state index contributed by atoms with van der Waals surface area (Å²) in [5.41, 5.74) is 26.6. The first-order valence-corrected chi connectivity index (χ1v) is 32.0. The summed E-state index contributed by atoms with van der Waals surface area (Å²) >= 11 is 0. The molecule has 0 fully saturated rings. The Labute approximate surface area is 537 Å². The quantitative estimate of drug-likeness (QED) is 0.105. The highest BCUT2D eigenvalue weighted by Gasteiger charge is 2.40. The minimum Gasteiger partial charge on any atom is -0.312 e. The van der Waals surface area contributed by atoms with Gasteiger partial charge in [-0.2, -0.15) is 0 Å².